The molecule has 122 valence electrons. The Morgan fingerprint density at radius 2 is 2.13 bits per heavy atom. The second-order valence-corrected chi connectivity index (χ2v) is 5.33. The zero-order valence-corrected chi connectivity index (χ0v) is 12.3. The van der Waals surface area contributed by atoms with Gasteiger partial charge >= 0.3 is 6.18 Å². The van der Waals surface area contributed by atoms with Gasteiger partial charge in [0.1, 0.15) is 18.1 Å². The zero-order chi connectivity index (χ0) is 16.6. The molecule has 0 saturated carbocycles. The fraction of sp³-hybridized carbons (Fsp3) is 0.333. The van der Waals surface area contributed by atoms with E-state index in [0.717, 1.165) is 12.1 Å². The lowest BCUT2D eigenvalue weighted by Gasteiger charge is -2.13. The van der Waals surface area contributed by atoms with Crippen molar-refractivity contribution in [2.24, 2.45) is 0 Å². The smallest absolute Gasteiger partial charge is 0.372 e. The molecule has 0 unspecified atom stereocenters. The maximum Gasteiger partial charge on any atom is 0.416 e. The lowest BCUT2D eigenvalue weighted by Crippen LogP contribution is -2.15. The number of nitrogens with zero attached hydrogens (tertiary/aromatic N) is 2. The summed E-state index contributed by atoms with van der Waals surface area (Å²) in [6.45, 7) is 2.99. The third-order valence-electron chi connectivity index (χ3n) is 3.46. The van der Waals surface area contributed by atoms with E-state index in [4.69, 9.17) is 4.74 Å². The molecule has 1 aromatic heterocycles. The quantitative estimate of drug-likeness (QED) is 0.923. The van der Waals surface area contributed by atoms with Gasteiger partial charge in [-0.3, -0.25) is 4.79 Å². The summed E-state index contributed by atoms with van der Waals surface area (Å²) in [5.74, 6) is 0.0762. The Morgan fingerprint density at radius 1 is 1.35 bits per heavy atom. The predicted octanol–water partition coefficient (Wildman–Crippen LogP) is 2.99. The molecule has 0 fully saturated rings. The van der Waals surface area contributed by atoms with Crippen LogP contribution in [0.5, 0.6) is 0 Å². The van der Waals surface area contributed by atoms with Crippen LogP contribution in [0.25, 0.3) is 0 Å². The molecule has 0 aliphatic carbocycles. The molecule has 1 aliphatic rings. The number of anilines is 1. The maximum absolute atomic E-state index is 12.8. The molecule has 23 heavy (non-hydrogen) atoms. The molecule has 0 bridgehead atoms. The van der Waals surface area contributed by atoms with Gasteiger partial charge in [-0.15, -0.1) is 0 Å². The van der Waals surface area contributed by atoms with Crippen LogP contribution in [-0.2, 0) is 24.1 Å². The monoisotopic (exact) mass is 325 g/mol. The largest absolute Gasteiger partial charge is 0.416 e. The van der Waals surface area contributed by atoms with E-state index >= 15 is 0 Å². The first-order valence-corrected chi connectivity index (χ1v) is 6.97. The van der Waals surface area contributed by atoms with E-state index in [2.05, 4.69) is 10.3 Å². The highest BCUT2D eigenvalue weighted by Gasteiger charge is 2.31. The highest BCUT2D eigenvalue weighted by molar-refractivity contribution is 6.02. The molecule has 2 heterocycles. The molecule has 5 nitrogen and oxygen atoms in total. The van der Waals surface area contributed by atoms with Crippen molar-refractivity contribution < 1.29 is 22.7 Å². The number of carbonyl (C=O) groups is 1. The number of benzene rings is 1. The van der Waals surface area contributed by atoms with Gasteiger partial charge in [0, 0.05) is 18.4 Å². The third-order valence-corrected chi connectivity index (χ3v) is 3.46. The van der Waals surface area contributed by atoms with Gasteiger partial charge < -0.3 is 14.6 Å². The van der Waals surface area contributed by atoms with Crippen LogP contribution in [0.2, 0.25) is 0 Å². The van der Waals surface area contributed by atoms with Crippen LogP contribution in [0.1, 0.15) is 27.4 Å². The molecule has 0 spiro atoms. The highest BCUT2D eigenvalue weighted by atomic mass is 19.4. The lowest BCUT2D eigenvalue weighted by atomic mass is 10.1. The van der Waals surface area contributed by atoms with E-state index in [9.17, 15) is 18.0 Å². The number of ether oxygens (including phenoxy) is 1. The number of fused-ring (bicyclic) bond motifs is 1. The molecule has 8 heteroatoms. The van der Waals surface area contributed by atoms with E-state index in [0.29, 0.717) is 31.1 Å². The van der Waals surface area contributed by atoms with Crippen LogP contribution in [0.3, 0.4) is 0 Å². The van der Waals surface area contributed by atoms with E-state index in [-0.39, 0.29) is 11.4 Å². The van der Waals surface area contributed by atoms with Crippen molar-refractivity contribution >= 4 is 11.6 Å². The first kappa shape index (κ1) is 15.5. The zero-order valence-electron chi connectivity index (χ0n) is 12.3. The van der Waals surface area contributed by atoms with Crippen molar-refractivity contribution in [1.29, 1.82) is 0 Å². The topological polar surface area (TPSA) is 56.2 Å². The number of amides is 1. The minimum atomic E-state index is -4.46. The van der Waals surface area contributed by atoms with E-state index in [1.807, 2.05) is 0 Å². The summed E-state index contributed by atoms with van der Waals surface area (Å²) in [4.78, 5) is 16.3. The SMILES string of the molecule is Cc1cc(NC(=O)c2cn3c(n2)COCC3)cc(C(F)(F)F)c1. The van der Waals surface area contributed by atoms with Crippen molar-refractivity contribution in [3.8, 4) is 0 Å². The number of aryl methyl sites for hydroxylation is 1. The van der Waals surface area contributed by atoms with Gasteiger partial charge in [-0.2, -0.15) is 13.2 Å². The van der Waals surface area contributed by atoms with E-state index < -0.39 is 17.6 Å². The molecular weight excluding hydrogens is 311 g/mol. The van der Waals surface area contributed by atoms with Crippen LogP contribution >= 0.6 is 0 Å². The number of nitrogens with one attached hydrogen (secondary N) is 1. The summed E-state index contributed by atoms with van der Waals surface area (Å²) in [5.41, 5.74) is -0.150. The van der Waals surface area contributed by atoms with E-state index in [1.54, 1.807) is 10.8 Å². The Labute approximate surface area is 130 Å². The predicted molar refractivity (Wildman–Crippen MR) is 76.0 cm³/mol. The first-order valence-electron chi connectivity index (χ1n) is 6.97. The Kier molecular flexibility index (Phi) is 3.85. The number of hydrogen-bond donors (Lipinski definition) is 1. The van der Waals surface area contributed by atoms with E-state index in [1.165, 1.54) is 13.0 Å². The number of carbonyl (C=O) groups excluding carboxylic acids is 1. The summed E-state index contributed by atoms with van der Waals surface area (Å²) < 4.78 is 45.5. The van der Waals surface area contributed by atoms with Crippen LogP contribution in [0.4, 0.5) is 18.9 Å². The van der Waals surface area contributed by atoms with Gasteiger partial charge in [0.05, 0.1) is 12.2 Å². The Balaban J connectivity index is 1.83. The van der Waals surface area contributed by atoms with Gasteiger partial charge in [-0.1, -0.05) is 0 Å². The number of imidazole rings is 1. The van der Waals surface area contributed by atoms with Crippen molar-refractivity contribution in [1.82, 2.24) is 9.55 Å². The fourth-order valence-electron chi connectivity index (χ4n) is 2.41. The normalized spacial score (nSPS) is 14.4. The number of rotatable bonds is 2. The highest BCUT2D eigenvalue weighted by Crippen LogP contribution is 2.32. The Bertz CT molecular complexity index is 729. The summed E-state index contributed by atoms with van der Waals surface area (Å²) in [6.07, 6.45) is -2.88. The third kappa shape index (κ3) is 3.37. The Hall–Kier alpha value is -2.35. The number of aromatic nitrogens is 2. The average Bonchev–Trinajstić information content (AvgIpc) is 2.89. The van der Waals surface area contributed by atoms with Gasteiger partial charge in [-0.25, -0.2) is 4.98 Å². The van der Waals surface area contributed by atoms with Crippen molar-refractivity contribution in [3.05, 3.63) is 47.0 Å². The lowest BCUT2D eigenvalue weighted by molar-refractivity contribution is -0.137. The Morgan fingerprint density at radius 3 is 2.83 bits per heavy atom. The molecule has 2 aromatic rings. The van der Waals surface area contributed by atoms with Gasteiger partial charge in [0.2, 0.25) is 0 Å². The number of halogens is 3. The molecule has 1 aliphatic heterocycles. The molecule has 1 amide bonds. The summed E-state index contributed by atoms with van der Waals surface area (Å²) in [5, 5.41) is 2.47. The molecule has 3 rings (SSSR count). The second-order valence-electron chi connectivity index (χ2n) is 5.33. The van der Waals surface area contributed by atoms with Gasteiger partial charge in [0.25, 0.3) is 5.91 Å². The summed E-state index contributed by atoms with van der Waals surface area (Å²) >= 11 is 0. The molecule has 0 atom stereocenters. The minimum absolute atomic E-state index is 0.0875. The van der Waals surface area contributed by atoms with Crippen LogP contribution in [0, 0.1) is 6.92 Å². The summed E-state index contributed by atoms with van der Waals surface area (Å²) in [6, 6.07) is 3.42. The van der Waals surface area contributed by atoms with Gasteiger partial charge in [-0.05, 0) is 30.7 Å². The molecule has 0 radical (unpaired) electrons. The van der Waals surface area contributed by atoms with Crippen molar-refractivity contribution in [2.45, 2.75) is 26.3 Å². The minimum Gasteiger partial charge on any atom is -0.372 e. The second kappa shape index (κ2) is 5.69. The van der Waals surface area contributed by atoms with Crippen LogP contribution < -0.4 is 5.32 Å². The van der Waals surface area contributed by atoms with Crippen LogP contribution in [0.15, 0.2) is 24.4 Å². The molecule has 0 saturated heterocycles. The maximum atomic E-state index is 12.8. The standard InChI is InChI=1S/C15H14F3N3O2/c1-9-4-10(15(16,17)18)6-11(5-9)19-14(22)12-7-21-2-3-23-8-13(21)20-12/h4-7H,2-3,8H2,1H3,(H,19,22). The number of alkyl halides is 3. The van der Waals surface area contributed by atoms with Gasteiger partial charge in [0.15, 0.2) is 0 Å². The van der Waals surface area contributed by atoms with Crippen LogP contribution in [-0.4, -0.2) is 22.1 Å². The molecule has 1 N–H and O–H groups in total. The van der Waals surface area contributed by atoms with Crippen molar-refractivity contribution in [3.63, 3.8) is 0 Å². The first-order chi connectivity index (χ1) is 10.8. The summed E-state index contributed by atoms with van der Waals surface area (Å²) in [7, 11) is 0. The van der Waals surface area contributed by atoms with Crippen molar-refractivity contribution in [2.75, 3.05) is 11.9 Å². The molecule has 1 aromatic carbocycles. The number of hydrogen-bond acceptors (Lipinski definition) is 3. The molecular formula is C15H14F3N3O2. The fourth-order valence-corrected chi connectivity index (χ4v) is 2.41. The average molecular weight is 325 g/mol.